The van der Waals surface area contributed by atoms with Gasteiger partial charge < -0.3 is 4.74 Å². The Labute approximate surface area is 171 Å². The number of rotatable bonds is 5. The number of nitrogens with zero attached hydrogens (tertiary/aromatic N) is 3. The van der Waals surface area contributed by atoms with Crippen molar-refractivity contribution in [1.82, 2.24) is 14.6 Å². The summed E-state index contributed by atoms with van der Waals surface area (Å²) >= 11 is 0. The van der Waals surface area contributed by atoms with Crippen molar-refractivity contribution in [3.8, 4) is 16.9 Å². The molecule has 5 rings (SSSR count). The van der Waals surface area contributed by atoms with Gasteiger partial charge in [-0.05, 0) is 36.1 Å². The van der Waals surface area contributed by atoms with E-state index in [0.717, 1.165) is 11.4 Å². The molecule has 1 aliphatic rings. The molecule has 0 radical (unpaired) electrons. The van der Waals surface area contributed by atoms with E-state index in [1.54, 1.807) is 0 Å². The summed E-state index contributed by atoms with van der Waals surface area (Å²) in [7, 11) is 0. The van der Waals surface area contributed by atoms with Crippen LogP contribution in [-0.2, 0) is 6.61 Å². The maximum Gasteiger partial charge on any atom is 0.155 e. The Morgan fingerprint density at radius 2 is 1.69 bits per heavy atom. The third-order valence-corrected chi connectivity index (χ3v) is 5.86. The minimum Gasteiger partial charge on any atom is -0.489 e. The van der Waals surface area contributed by atoms with Gasteiger partial charge in [0.15, 0.2) is 5.65 Å². The molecule has 29 heavy (non-hydrogen) atoms. The van der Waals surface area contributed by atoms with Crippen LogP contribution in [0.1, 0.15) is 49.3 Å². The minimum atomic E-state index is 0.540. The summed E-state index contributed by atoms with van der Waals surface area (Å²) in [6.45, 7) is 0.578. The van der Waals surface area contributed by atoms with Crippen LogP contribution in [0.5, 0.6) is 5.75 Å². The highest BCUT2D eigenvalue weighted by atomic mass is 16.5. The molecule has 0 aliphatic heterocycles. The zero-order chi connectivity index (χ0) is 19.5. The van der Waals surface area contributed by atoms with Gasteiger partial charge in [-0.3, -0.25) is 0 Å². The number of fused-ring (bicyclic) bond motifs is 1. The fourth-order valence-corrected chi connectivity index (χ4v) is 4.35. The first kappa shape index (κ1) is 17.9. The lowest BCUT2D eigenvalue weighted by Crippen LogP contribution is -2.12. The van der Waals surface area contributed by atoms with Crippen LogP contribution >= 0.6 is 0 Å². The summed E-state index contributed by atoms with van der Waals surface area (Å²) in [5.74, 6) is 1.42. The first-order valence-electron chi connectivity index (χ1n) is 10.5. The third-order valence-electron chi connectivity index (χ3n) is 5.86. The molecule has 0 atom stereocenters. The average molecular weight is 383 g/mol. The summed E-state index contributed by atoms with van der Waals surface area (Å²) in [4.78, 5) is 4.64. The fraction of sp³-hybridized carbons (Fsp3) is 0.280. The van der Waals surface area contributed by atoms with Gasteiger partial charge in [-0.1, -0.05) is 61.7 Å². The molecule has 2 aromatic carbocycles. The van der Waals surface area contributed by atoms with Crippen molar-refractivity contribution in [3.05, 3.63) is 84.3 Å². The molecule has 4 heteroatoms. The third kappa shape index (κ3) is 3.75. The largest absolute Gasteiger partial charge is 0.489 e. The van der Waals surface area contributed by atoms with E-state index < -0.39 is 0 Å². The van der Waals surface area contributed by atoms with Crippen molar-refractivity contribution in [2.24, 2.45) is 0 Å². The molecule has 1 fully saturated rings. The molecule has 2 aromatic heterocycles. The molecular weight excluding hydrogens is 358 g/mol. The molecule has 0 amide bonds. The van der Waals surface area contributed by atoms with Gasteiger partial charge in [0, 0.05) is 23.7 Å². The molecule has 0 saturated heterocycles. The predicted molar refractivity (Wildman–Crippen MR) is 115 cm³/mol. The van der Waals surface area contributed by atoms with E-state index in [1.165, 1.54) is 54.5 Å². The molecular formula is C25H25N3O. The van der Waals surface area contributed by atoms with Gasteiger partial charge in [-0.25, -0.2) is 9.50 Å². The zero-order valence-corrected chi connectivity index (χ0v) is 16.5. The van der Waals surface area contributed by atoms with Gasteiger partial charge in [0.2, 0.25) is 0 Å². The van der Waals surface area contributed by atoms with Gasteiger partial charge in [-0.2, -0.15) is 5.10 Å². The molecule has 4 aromatic rings. The first-order chi connectivity index (χ1) is 14.4. The van der Waals surface area contributed by atoms with Crippen LogP contribution < -0.4 is 4.74 Å². The van der Waals surface area contributed by atoms with Gasteiger partial charge in [0.1, 0.15) is 12.4 Å². The van der Waals surface area contributed by atoms with E-state index in [-0.39, 0.29) is 0 Å². The first-order valence-corrected chi connectivity index (χ1v) is 10.5. The van der Waals surface area contributed by atoms with Gasteiger partial charge >= 0.3 is 0 Å². The standard InChI is InChI=1S/C25H25N3O/c1-3-7-19(8-4-1)18-29-22-13-11-20(12-14-22)23-17-26-24-15-16-27-28(24)25(23)21-9-5-2-6-10-21/h1,3-4,7-8,11-17,21H,2,5-6,9-10,18H2. The molecule has 146 valence electrons. The fourth-order valence-electron chi connectivity index (χ4n) is 4.35. The van der Waals surface area contributed by atoms with Crippen LogP contribution in [0, 0.1) is 0 Å². The van der Waals surface area contributed by atoms with Crippen molar-refractivity contribution < 1.29 is 4.74 Å². The predicted octanol–water partition coefficient (Wildman–Crippen LogP) is 6.02. The van der Waals surface area contributed by atoms with Crippen LogP contribution in [0.2, 0.25) is 0 Å². The topological polar surface area (TPSA) is 39.4 Å². The van der Waals surface area contributed by atoms with Gasteiger partial charge in [-0.15, -0.1) is 0 Å². The van der Waals surface area contributed by atoms with Crippen molar-refractivity contribution in [3.63, 3.8) is 0 Å². The Morgan fingerprint density at radius 3 is 2.48 bits per heavy atom. The average Bonchev–Trinajstić information content (AvgIpc) is 3.28. The lowest BCUT2D eigenvalue weighted by molar-refractivity contribution is 0.306. The summed E-state index contributed by atoms with van der Waals surface area (Å²) in [6.07, 6.45) is 10.2. The number of ether oxygens (including phenoxy) is 1. The van der Waals surface area contributed by atoms with E-state index in [2.05, 4.69) is 46.5 Å². The molecule has 1 aliphatic carbocycles. The summed E-state index contributed by atoms with van der Waals surface area (Å²) < 4.78 is 8.00. The van der Waals surface area contributed by atoms with E-state index >= 15 is 0 Å². The van der Waals surface area contributed by atoms with Crippen LogP contribution in [0.4, 0.5) is 0 Å². The van der Waals surface area contributed by atoms with Crippen molar-refractivity contribution in [1.29, 1.82) is 0 Å². The maximum absolute atomic E-state index is 5.95. The van der Waals surface area contributed by atoms with E-state index in [9.17, 15) is 0 Å². The van der Waals surface area contributed by atoms with Crippen molar-refractivity contribution in [2.75, 3.05) is 0 Å². The molecule has 0 unspecified atom stereocenters. The Bertz CT molecular complexity index is 1080. The summed E-state index contributed by atoms with van der Waals surface area (Å²) in [5, 5.41) is 4.59. The number of hydrogen-bond donors (Lipinski definition) is 0. The van der Waals surface area contributed by atoms with E-state index in [4.69, 9.17) is 4.74 Å². The highest BCUT2D eigenvalue weighted by Crippen LogP contribution is 2.38. The summed E-state index contributed by atoms with van der Waals surface area (Å²) in [5.41, 5.74) is 5.75. The van der Waals surface area contributed by atoms with Crippen LogP contribution in [0.3, 0.4) is 0 Å². The second-order valence-electron chi connectivity index (χ2n) is 7.79. The highest BCUT2D eigenvalue weighted by molar-refractivity contribution is 5.68. The second kappa shape index (κ2) is 8.08. The van der Waals surface area contributed by atoms with Crippen molar-refractivity contribution in [2.45, 2.75) is 44.6 Å². The van der Waals surface area contributed by atoms with Gasteiger partial charge in [0.05, 0.1) is 11.9 Å². The smallest absolute Gasteiger partial charge is 0.155 e. The Kier molecular flexibility index (Phi) is 4.99. The lowest BCUT2D eigenvalue weighted by Gasteiger charge is -2.24. The highest BCUT2D eigenvalue weighted by Gasteiger charge is 2.23. The van der Waals surface area contributed by atoms with Crippen LogP contribution in [-0.4, -0.2) is 14.6 Å². The SMILES string of the molecule is c1ccc(COc2ccc(-c3cnc4ccnn4c3C3CCCCC3)cc2)cc1. The van der Waals surface area contributed by atoms with E-state index in [1.807, 2.05) is 41.2 Å². The molecule has 1 saturated carbocycles. The zero-order valence-electron chi connectivity index (χ0n) is 16.5. The van der Waals surface area contributed by atoms with Gasteiger partial charge in [0.25, 0.3) is 0 Å². The molecule has 0 bridgehead atoms. The molecule has 0 N–H and O–H groups in total. The monoisotopic (exact) mass is 383 g/mol. The maximum atomic E-state index is 5.95. The number of hydrogen-bond acceptors (Lipinski definition) is 3. The molecule has 2 heterocycles. The number of benzene rings is 2. The van der Waals surface area contributed by atoms with Crippen LogP contribution in [0.25, 0.3) is 16.8 Å². The second-order valence-corrected chi connectivity index (χ2v) is 7.79. The minimum absolute atomic E-state index is 0.540. The Morgan fingerprint density at radius 1 is 0.897 bits per heavy atom. The van der Waals surface area contributed by atoms with Crippen LogP contribution in [0.15, 0.2) is 73.1 Å². The summed E-state index contributed by atoms with van der Waals surface area (Å²) in [6, 6.07) is 20.6. The number of aromatic nitrogens is 3. The van der Waals surface area contributed by atoms with E-state index in [0.29, 0.717) is 12.5 Å². The molecule has 4 nitrogen and oxygen atoms in total. The Hall–Kier alpha value is -3.14. The van der Waals surface area contributed by atoms with Crippen molar-refractivity contribution >= 4 is 5.65 Å². The Balaban J connectivity index is 1.44. The lowest BCUT2D eigenvalue weighted by atomic mass is 9.84. The quantitative estimate of drug-likeness (QED) is 0.423. The molecule has 0 spiro atoms. The normalized spacial score (nSPS) is 14.9.